The summed E-state index contributed by atoms with van der Waals surface area (Å²) in [5.41, 5.74) is 0.771. The Labute approximate surface area is 108 Å². The largest absolute Gasteiger partial charge is 0.459 e. The summed E-state index contributed by atoms with van der Waals surface area (Å²) in [6.07, 6.45) is 0. The first-order valence-corrected chi connectivity index (χ1v) is 6.29. The topological polar surface area (TPSA) is 34.4 Å². The molecule has 1 aromatic heterocycles. The van der Waals surface area contributed by atoms with Crippen molar-refractivity contribution in [3.8, 4) is 0 Å². The average Bonchev–Trinajstić information content (AvgIpc) is 2.80. The minimum Gasteiger partial charge on any atom is -0.459 e. The predicted octanol–water partition coefficient (Wildman–Crippen LogP) is 3.51. The molecule has 98 valence electrons. The molecule has 0 saturated heterocycles. The fourth-order valence-electron chi connectivity index (χ4n) is 1.79. The molecule has 0 aliphatic carbocycles. The van der Waals surface area contributed by atoms with Gasteiger partial charge in [0.15, 0.2) is 0 Å². The van der Waals surface area contributed by atoms with Crippen molar-refractivity contribution < 1.29 is 9.15 Å². The number of hydrogen-bond donors (Lipinski definition) is 1. The van der Waals surface area contributed by atoms with Crippen LogP contribution in [0.3, 0.4) is 0 Å². The second-order valence-electron chi connectivity index (χ2n) is 5.25. The van der Waals surface area contributed by atoms with Gasteiger partial charge in [0.25, 0.3) is 0 Å². The molecule has 3 nitrogen and oxygen atoms in total. The zero-order chi connectivity index (χ0) is 13.2. The second kappa shape index (κ2) is 5.12. The highest BCUT2D eigenvalue weighted by Crippen LogP contribution is 2.23. The first kappa shape index (κ1) is 13.1. The average molecular weight is 247 g/mol. The van der Waals surface area contributed by atoms with Crippen molar-refractivity contribution in [3.05, 3.63) is 36.1 Å². The minimum atomic E-state index is -0.166. The Morgan fingerprint density at radius 3 is 2.72 bits per heavy atom. The van der Waals surface area contributed by atoms with Crippen LogP contribution in [-0.2, 0) is 4.74 Å². The fraction of sp³-hybridized carbons (Fsp3) is 0.467. The number of ether oxygens (including phenoxy) is 1. The molecule has 0 bridgehead atoms. The normalized spacial score (nSPS) is 14.0. The molecule has 3 heteroatoms. The summed E-state index contributed by atoms with van der Waals surface area (Å²) in [6.45, 7) is 7.00. The van der Waals surface area contributed by atoms with Gasteiger partial charge in [-0.3, -0.25) is 0 Å². The lowest BCUT2D eigenvalue weighted by Crippen LogP contribution is -2.37. The van der Waals surface area contributed by atoms with E-state index in [2.05, 4.69) is 38.2 Å². The van der Waals surface area contributed by atoms with Crippen molar-refractivity contribution in [2.24, 2.45) is 0 Å². The van der Waals surface area contributed by atoms with Crippen molar-refractivity contribution >= 4 is 11.0 Å². The molecule has 18 heavy (non-hydrogen) atoms. The van der Waals surface area contributed by atoms with Gasteiger partial charge in [-0.15, -0.1) is 0 Å². The van der Waals surface area contributed by atoms with Crippen LogP contribution in [0.25, 0.3) is 11.0 Å². The molecule has 1 heterocycles. The van der Waals surface area contributed by atoms with Crippen LogP contribution >= 0.6 is 0 Å². The quantitative estimate of drug-likeness (QED) is 0.878. The number of nitrogens with one attached hydrogen (secondary N) is 1. The first-order chi connectivity index (χ1) is 8.52. The van der Waals surface area contributed by atoms with Crippen LogP contribution in [0, 0.1) is 0 Å². The lowest BCUT2D eigenvalue weighted by atomic mass is 10.1. The number of rotatable bonds is 5. The van der Waals surface area contributed by atoms with Crippen LogP contribution in [0.4, 0.5) is 0 Å². The highest BCUT2D eigenvalue weighted by atomic mass is 16.5. The van der Waals surface area contributed by atoms with Crippen molar-refractivity contribution in [1.82, 2.24) is 5.32 Å². The van der Waals surface area contributed by atoms with Crippen molar-refractivity contribution in [2.45, 2.75) is 32.4 Å². The van der Waals surface area contributed by atoms with Gasteiger partial charge in [-0.25, -0.2) is 0 Å². The molecule has 1 N–H and O–H groups in total. The van der Waals surface area contributed by atoms with Crippen LogP contribution in [0.2, 0.25) is 0 Å². The number of methoxy groups -OCH3 is 1. The van der Waals surface area contributed by atoms with Crippen LogP contribution in [-0.4, -0.2) is 19.3 Å². The monoisotopic (exact) mass is 247 g/mol. The summed E-state index contributed by atoms with van der Waals surface area (Å²) in [4.78, 5) is 0. The SMILES string of the molecule is COC(C)(C)CNC(C)c1cc2ccccc2o1. The maximum atomic E-state index is 5.83. The molecule has 1 atom stereocenters. The van der Waals surface area contributed by atoms with Gasteiger partial charge in [0.1, 0.15) is 11.3 Å². The van der Waals surface area contributed by atoms with Gasteiger partial charge in [0, 0.05) is 19.0 Å². The van der Waals surface area contributed by atoms with E-state index < -0.39 is 0 Å². The van der Waals surface area contributed by atoms with Gasteiger partial charge in [0.05, 0.1) is 11.6 Å². The molecule has 0 fully saturated rings. The smallest absolute Gasteiger partial charge is 0.134 e. The molecule has 0 aliphatic heterocycles. The highest BCUT2D eigenvalue weighted by molar-refractivity contribution is 5.77. The Bertz CT molecular complexity index is 483. The molecule has 1 unspecified atom stereocenters. The lowest BCUT2D eigenvalue weighted by molar-refractivity contribution is 0.0210. The number of hydrogen-bond acceptors (Lipinski definition) is 3. The molecule has 0 saturated carbocycles. The van der Waals surface area contributed by atoms with Gasteiger partial charge in [-0.1, -0.05) is 18.2 Å². The van der Waals surface area contributed by atoms with E-state index in [1.54, 1.807) is 7.11 Å². The van der Waals surface area contributed by atoms with E-state index in [0.29, 0.717) is 0 Å². The molecular formula is C15H21NO2. The zero-order valence-electron chi connectivity index (χ0n) is 11.5. The van der Waals surface area contributed by atoms with E-state index in [1.165, 1.54) is 0 Å². The second-order valence-corrected chi connectivity index (χ2v) is 5.25. The molecule has 0 radical (unpaired) electrons. The number of furan rings is 1. The highest BCUT2D eigenvalue weighted by Gasteiger charge is 2.19. The van der Waals surface area contributed by atoms with Gasteiger partial charge in [0.2, 0.25) is 0 Å². The number of para-hydroxylation sites is 1. The zero-order valence-corrected chi connectivity index (χ0v) is 11.5. The van der Waals surface area contributed by atoms with Crippen LogP contribution < -0.4 is 5.32 Å². The standard InChI is InChI=1S/C15H21NO2/c1-11(16-10-15(2,3)17-4)14-9-12-7-5-6-8-13(12)18-14/h5-9,11,16H,10H2,1-4H3. The Morgan fingerprint density at radius 2 is 2.06 bits per heavy atom. The molecule has 2 rings (SSSR count). The lowest BCUT2D eigenvalue weighted by Gasteiger charge is -2.25. The van der Waals surface area contributed by atoms with E-state index in [0.717, 1.165) is 23.3 Å². The summed E-state index contributed by atoms with van der Waals surface area (Å²) >= 11 is 0. The van der Waals surface area contributed by atoms with Gasteiger partial charge in [-0.05, 0) is 32.9 Å². The Morgan fingerprint density at radius 1 is 1.33 bits per heavy atom. The fourth-order valence-corrected chi connectivity index (χ4v) is 1.79. The maximum Gasteiger partial charge on any atom is 0.134 e. The summed E-state index contributed by atoms with van der Waals surface area (Å²) in [6, 6.07) is 10.3. The van der Waals surface area contributed by atoms with Gasteiger partial charge < -0.3 is 14.5 Å². The van der Waals surface area contributed by atoms with Crippen molar-refractivity contribution in [3.63, 3.8) is 0 Å². The molecule has 2 aromatic rings. The molecule has 0 aliphatic rings. The van der Waals surface area contributed by atoms with E-state index in [9.17, 15) is 0 Å². The predicted molar refractivity (Wildman–Crippen MR) is 73.7 cm³/mol. The first-order valence-electron chi connectivity index (χ1n) is 6.29. The van der Waals surface area contributed by atoms with Crippen LogP contribution in [0.15, 0.2) is 34.7 Å². The van der Waals surface area contributed by atoms with E-state index in [4.69, 9.17) is 9.15 Å². The van der Waals surface area contributed by atoms with Crippen molar-refractivity contribution in [1.29, 1.82) is 0 Å². The number of fused-ring (bicyclic) bond motifs is 1. The third-order valence-corrected chi connectivity index (χ3v) is 3.26. The Kier molecular flexibility index (Phi) is 3.73. The van der Waals surface area contributed by atoms with Crippen LogP contribution in [0.1, 0.15) is 32.6 Å². The Hall–Kier alpha value is -1.32. The summed E-state index contributed by atoms with van der Waals surface area (Å²) in [5.74, 6) is 0.961. The maximum absolute atomic E-state index is 5.83. The van der Waals surface area contributed by atoms with E-state index in [1.807, 2.05) is 18.2 Å². The van der Waals surface area contributed by atoms with Crippen molar-refractivity contribution in [2.75, 3.05) is 13.7 Å². The van der Waals surface area contributed by atoms with Crippen LogP contribution in [0.5, 0.6) is 0 Å². The molecule has 0 amide bonds. The van der Waals surface area contributed by atoms with E-state index in [-0.39, 0.29) is 11.6 Å². The molecular weight excluding hydrogens is 226 g/mol. The Balaban J connectivity index is 2.07. The third kappa shape index (κ3) is 2.92. The number of benzene rings is 1. The summed E-state index contributed by atoms with van der Waals surface area (Å²) in [7, 11) is 1.73. The minimum absolute atomic E-state index is 0.166. The third-order valence-electron chi connectivity index (χ3n) is 3.26. The van der Waals surface area contributed by atoms with E-state index >= 15 is 0 Å². The molecule has 1 aromatic carbocycles. The van der Waals surface area contributed by atoms with Gasteiger partial charge >= 0.3 is 0 Å². The summed E-state index contributed by atoms with van der Waals surface area (Å²) in [5, 5.41) is 4.58. The van der Waals surface area contributed by atoms with Gasteiger partial charge in [-0.2, -0.15) is 0 Å². The molecule has 0 spiro atoms. The summed E-state index contributed by atoms with van der Waals surface area (Å²) < 4.78 is 11.2.